The molecule has 4 nitrogen and oxygen atoms in total. The minimum atomic E-state index is -3.43. The van der Waals surface area contributed by atoms with Crippen LogP contribution in [0, 0.1) is 0 Å². The molecule has 6 heteroatoms. The van der Waals surface area contributed by atoms with Gasteiger partial charge in [0.05, 0.1) is 4.90 Å². The maximum Gasteiger partial charge on any atom is 0.243 e. The fourth-order valence-electron chi connectivity index (χ4n) is 2.31. The summed E-state index contributed by atoms with van der Waals surface area (Å²) in [5.41, 5.74) is 6.18. The minimum absolute atomic E-state index is 0.125. The smallest absolute Gasteiger partial charge is 0.243 e. The number of hydrogen-bond acceptors (Lipinski definition) is 3. The number of hydrogen-bond donors (Lipinski definition) is 1. The van der Waals surface area contributed by atoms with E-state index in [9.17, 15) is 8.42 Å². The molecule has 1 aromatic rings. The van der Waals surface area contributed by atoms with E-state index in [-0.39, 0.29) is 10.9 Å². The molecule has 1 saturated carbocycles. The monoisotopic (exact) mass is 332 g/mol. The van der Waals surface area contributed by atoms with Crippen molar-refractivity contribution in [3.8, 4) is 0 Å². The predicted octanol–water partition coefficient (Wildman–Crippen LogP) is 2.59. The molecule has 1 fully saturated rings. The first-order valence-corrected chi connectivity index (χ1v) is 8.19. The Hall–Kier alpha value is -0.590. The molecule has 2 rings (SSSR count). The second kappa shape index (κ2) is 5.19. The van der Waals surface area contributed by atoms with Gasteiger partial charge in [0, 0.05) is 23.2 Å². The highest BCUT2D eigenvalue weighted by molar-refractivity contribution is 9.10. The Morgan fingerprint density at radius 1 is 1.33 bits per heavy atom. The molecule has 100 valence electrons. The Morgan fingerprint density at radius 3 is 2.50 bits per heavy atom. The first-order chi connectivity index (χ1) is 8.43. The Morgan fingerprint density at radius 2 is 1.94 bits per heavy atom. The summed E-state index contributed by atoms with van der Waals surface area (Å²) in [6.45, 7) is 0. The van der Waals surface area contributed by atoms with Crippen LogP contribution in [0.3, 0.4) is 0 Å². The lowest BCUT2D eigenvalue weighted by atomic mass is 10.3. The molecule has 18 heavy (non-hydrogen) atoms. The second-order valence-electron chi connectivity index (χ2n) is 4.64. The summed E-state index contributed by atoms with van der Waals surface area (Å²) in [5.74, 6) is 0. The summed E-state index contributed by atoms with van der Waals surface area (Å²) < 4.78 is 27.1. The number of sulfonamides is 1. The lowest BCUT2D eigenvalue weighted by Crippen LogP contribution is -2.35. The van der Waals surface area contributed by atoms with Gasteiger partial charge in [0.15, 0.2) is 0 Å². The van der Waals surface area contributed by atoms with Crippen LogP contribution in [0.25, 0.3) is 0 Å². The number of nitrogens with two attached hydrogens (primary N) is 1. The molecule has 0 radical (unpaired) electrons. The zero-order chi connectivity index (χ0) is 13.3. The SMILES string of the molecule is CN(C1CCCC1)S(=O)(=O)c1ccc(Br)c(N)c1. The van der Waals surface area contributed by atoms with Crippen LogP contribution in [0.15, 0.2) is 27.6 Å². The van der Waals surface area contributed by atoms with Crippen molar-refractivity contribution in [2.45, 2.75) is 36.6 Å². The Kier molecular flexibility index (Phi) is 3.99. The van der Waals surface area contributed by atoms with Crippen LogP contribution < -0.4 is 5.73 Å². The van der Waals surface area contributed by atoms with E-state index in [0.717, 1.165) is 25.7 Å². The normalized spacial score (nSPS) is 17.5. The van der Waals surface area contributed by atoms with E-state index in [4.69, 9.17) is 5.73 Å². The Bertz CT molecular complexity index is 539. The fourth-order valence-corrected chi connectivity index (χ4v) is 4.01. The zero-order valence-corrected chi connectivity index (χ0v) is 12.7. The molecule has 0 saturated heterocycles. The van der Waals surface area contributed by atoms with Gasteiger partial charge in [-0.1, -0.05) is 12.8 Å². The van der Waals surface area contributed by atoms with Crippen LogP contribution in [0.5, 0.6) is 0 Å². The highest BCUT2D eigenvalue weighted by Crippen LogP contribution is 2.29. The number of nitrogen functional groups attached to an aromatic ring is 1. The van der Waals surface area contributed by atoms with Gasteiger partial charge in [-0.15, -0.1) is 0 Å². The van der Waals surface area contributed by atoms with Crippen LogP contribution in [-0.4, -0.2) is 25.8 Å². The van der Waals surface area contributed by atoms with Crippen LogP contribution in [0.4, 0.5) is 5.69 Å². The van der Waals surface area contributed by atoms with Crippen molar-refractivity contribution in [1.82, 2.24) is 4.31 Å². The molecule has 2 N–H and O–H groups in total. The van der Waals surface area contributed by atoms with Gasteiger partial charge in [-0.3, -0.25) is 0 Å². The van der Waals surface area contributed by atoms with Crippen molar-refractivity contribution in [2.75, 3.05) is 12.8 Å². The van der Waals surface area contributed by atoms with Crippen LogP contribution >= 0.6 is 15.9 Å². The summed E-state index contributed by atoms with van der Waals surface area (Å²) in [6.07, 6.45) is 4.10. The number of halogens is 1. The third-order valence-electron chi connectivity index (χ3n) is 3.48. The maximum atomic E-state index is 12.4. The van der Waals surface area contributed by atoms with Gasteiger partial charge in [-0.05, 0) is 47.0 Å². The minimum Gasteiger partial charge on any atom is -0.398 e. The molecular formula is C12H17BrN2O2S. The van der Waals surface area contributed by atoms with E-state index in [1.807, 2.05) is 0 Å². The van der Waals surface area contributed by atoms with E-state index >= 15 is 0 Å². The molecule has 0 aromatic heterocycles. The van der Waals surface area contributed by atoms with Gasteiger partial charge in [-0.2, -0.15) is 4.31 Å². The first-order valence-electron chi connectivity index (χ1n) is 5.96. The van der Waals surface area contributed by atoms with Crippen LogP contribution in [0.2, 0.25) is 0 Å². The Labute approximate surface area is 116 Å². The van der Waals surface area contributed by atoms with E-state index < -0.39 is 10.0 Å². The number of anilines is 1. The van der Waals surface area contributed by atoms with Gasteiger partial charge in [-0.25, -0.2) is 8.42 Å². The van der Waals surface area contributed by atoms with E-state index in [2.05, 4.69) is 15.9 Å². The molecule has 1 aliphatic rings. The highest BCUT2D eigenvalue weighted by atomic mass is 79.9. The first kappa shape index (κ1) is 13.8. The van der Waals surface area contributed by atoms with E-state index in [1.165, 1.54) is 10.4 Å². The standard InChI is InChI=1S/C12H17BrN2O2S/c1-15(9-4-2-3-5-9)18(16,17)10-6-7-11(13)12(14)8-10/h6-9H,2-5,14H2,1H3. The molecule has 0 unspecified atom stereocenters. The van der Waals surface area contributed by atoms with Crippen molar-refractivity contribution in [3.63, 3.8) is 0 Å². The average Bonchev–Trinajstić information content (AvgIpc) is 2.85. The lowest BCUT2D eigenvalue weighted by molar-refractivity contribution is 0.373. The van der Waals surface area contributed by atoms with Gasteiger partial charge in [0.25, 0.3) is 0 Å². The molecule has 0 heterocycles. The summed E-state index contributed by atoms with van der Waals surface area (Å²) in [7, 11) is -1.77. The summed E-state index contributed by atoms with van der Waals surface area (Å²) in [6, 6.07) is 4.89. The van der Waals surface area contributed by atoms with Gasteiger partial charge in [0.2, 0.25) is 10.0 Å². The largest absolute Gasteiger partial charge is 0.398 e. The van der Waals surface area contributed by atoms with Crippen LogP contribution in [-0.2, 0) is 10.0 Å². The molecule has 0 bridgehead atoms. The summed E-state index contributed by atoms with van der Waals surface area (Å²) >= 11 is 3.27. The second-order valence-corrected chi connectivity index (χ2v) is 7.49. The lowest BCUT2D eigenvalue weighted by Gasteiger charge is -2.23. The average molecular weight is 333 g/mol. The third-order valence-corrected chi connectivity index (χ3v) is 6.11. The predicted molar refractivity (Wildman–Crippen MR) is 75.8 cm³/mol. The number of benzene rings is 1. The fraction of sp³-hybridized carbons (Fsp3) is 0.500. The molecule has 1 aromatic carbocycles. The van der Waals surface area contributed by atoms with Crippen molar-refractivity contribution < 1.29 is 8.42 Å². The van der Waals surface area contributed by atoms with E-state index in [1.54, 1.807) is 19.2 Å². The molecule has 1 aliphatic carbocycles. The van der Waals surface area contributed by atoms with Gasteiger partial charge < -0.3 is 5.73 Å². The van der Waals surface area contributed by atoms with Gasteiger partial charge in [0.1, 0.15) is 0 Å². The number of nitrogens with zero attached hydrogens (tertiary/aromatic N) is 1. The molecule has 0 aliphatic heterocycles. The highest BCUT2D eigenvalue weighted by Gasteiger charge is 2.30. The summed E-state index contributed by atoms with van der Waals surface area (Å²) in [4.78, 5) is 0.262. The third kappa shape index (κ3) is 2.55. The molecule has 0 atom stereocenters. The van der Waals surface area contributed by atoms with Crippen molar-refractivity contribution in [2.24, 2.45) is 0 Å². The van der Waals surface area contributed by atoms with Crippen molar-refractivity contribution >= 4 is 31.6 Å². The Balaban J connectivity index is 2.32. The van der Waals surface area contributed by atoms with Gasteiger partial charge >= 0.3 is 0 Å². The topological polar surface area (TPSA) is 63.4 Å². The number of rotatable bonds is 3. The quantitative estimate of drug-likeness (QED) is 0.865. The maximum absolute atomic E-state index is 12.4. The van der Waals surface area contributed by atoms with Crippen molar-refractivity contribution in [3.05, 3.63) is 22.7 Å². The van der Waals surface area contributed by atoms with Crippen molar-refractivity contribution in [1.29, 1.82) is 0 Å². The van der Waals surface area contributed by atoms with E-state index in [0.29, 0.717) is 10.2 Å². The summed E-state index contributed by atoms with van der Waals surface area (Å²) in [5, 5.41) is 0. The van der Waals surface area contributed by atoms with Crippen LogP contribution in [0.1, 0.15) is 25.7 Å². The zero-order valence-electron chi connectivity index (χ0n) is 10.3. The molecule has 0 amide bonds. The molecular weight excluding hydrogens is 316 g/mol. The molecule has 0 spiro atoms.